The van der Waals surface area contributed by atoms with Crippen LogP contribution < -0.4 is 0 Å². The molecule has 0 atom stereocenters. The number of carbonyl (C=O) groups is 1. The summed E-state index contributed by atoms with van der Waals surface area (Å²) in [5, 5.41) is 0. The Bertz CT molecular complexity index is 573. The Morgan fingerprint density at radius 2 is 1.94 bits per heavy atom. The SMILES string of the molecule is CC(=O)c1cc(-c2cccnc2C)ccc1C. The van der Waals surface area contributed by atoms with Crippen LogP contribution in [0.2, 0.25) is 0 Å². The number of nitrogens with zero attached hydrogens (tertiary/aromatic N) is 1. The van der Waals surface area contributed by atoms with Crippen LogP contribution in [0.15, 0.2) is 36.5 Å². The second kappa shape index (κ2) is 4.50. The molecule has 0 bridgehead atoms. The van der Waals surface area contributed by atoms with Gasteiger partial charge in [-0.15, -0.1) is 0 Å². The molecular weight excluding hydrogens is 210 g/mol. The summed E-state index contributed by atoms with van der Waals surface area (Å²) < 4.78 is 0. The van der Waals surface area contributed by atoms with Gasteiger partial charge in [0.1, 0.15) is 0 Å². The number of hydrogen-bond acceptors (Lipinski definition) is 2. The molecule has 2 nitrogen and oxygen atoms in total. The van der Waals surface area contributed by atoms with Crippen molar-refractivity contribution in [2.75, 3.05) is 0 Å². The van der Waals surface area contributed by atoms with Gasteiger partial charge in [-0.05, 0) is 44.0 Å². The van der Waals surface area contributed by atoms with Crippen LogP contribution >= 0.6 is 0 Å². The lowest BCUT2D eigenvalue weighted by Crippen LogP contribution is -1.97. The van der Waals surface area contributed by atoms with Crippen molar-refractivity contribution in [3.05, 3.63) is 53.3 Å². The monoisotopic (exact) mass is 225 g/mol. The molecule has 1 aromatic carbocycles. The molecule has 2 aromatic rings. The number of hydrogen-bond donors (Lipinski definition) is 0. The maximum atomic E-state index is 11.5. The highest BCUT2D eigenvalue weighted by atomic mass is 16.1. The average molecular weight is 225 g/mol. The van der Waals surface area contributed by atoms with Crippen molar-refractivity contribution in [3.63, 3.8) is 0 Å². The topological polar surface area (TPSA) is 30.0 Å². The minimum atomic E-state index is 0.103. The number of ketones is 1. The van der Waals surface area contributed by atoms with Gasteiger partial charge in [0.25, 0.3) is 0 Å². The number of aryl methyl sites for hydroxylation is 2. The predicted molar refractivity (Wildman–Crippen MR) is 69.2 cm³/mol. The van der Waals surface area contributed by atoms with E-state index in [1.807, 2.05) is 44.2 Å². The molecule has 2 rings (SSSR count). The molecule has 0 aliphatic heterocycles. The van der Waals surface area contributed by atoms with E-state index >= 15 is 0 Å². The molecule has 0 aliphatic rings. The van der Waals surface area contributed by atoms with Crippen molar-refractivity contribution in [1.82, 2.24) is 4.98 Å². The van der Waals surface area contributed by atoms with Crippen molar-refractivity contribution in [3.8, 4) is 11.1 Å². The summed E-state index contributed by atoms with van der Waals surface area (Å²) in [5.74, 6) is 0.103. The summed E-state index contributed by atoms with van der Waals surface area (Å²) >= 11 is 0. The van der Waals surface area contributed by atoms with E-state index in [4.69, 9.17) is 0 Å². The van der Waals surface area contributed by atoms with E-state index < -0.39 is 0 Å². The molecule has 0 spiro atoms. The molecule has 0 N–H and O–H groups in total. The first-order chi connectivity index (χ1) is 8.09. The molecule has 1 heterocycles. The molecule has 0 aliphatic carbocycles. The van der Waals surface area contributed by atoms with Crippen molar-refractivity contribution in [2.45, 2.75) is 20.8 Å². The van der Waals surface area contributed by atoms with E-state index in [-0.39, 0.29) is 5.78 Å². The zero-order valence-electron chi connectivity index (χ0n) is 10.3. The van der Waals surface area contributed by atoms with Crippen LogP contribution in [0, 0.1) is 13.8 Å². The van der Waals surface area contributed by atoms with Crippen LogP contribution in [-0.4, -0.2) is 10.8 Å². The fourth-order valence-electron chi connectivity index (χ4n) is 1.96. The molecule has 2 heteroatoms. The Balaban J connectivity index is 2.58. The van der Waals surface area contributed by atoms with E-state index in [0.29, 0.717) is 0 Å². The van der Waals surface area contributed by atoms with Gasteiger partial charge in [-0.25, -0.2) is 0 Å². The second-order valence-corrected chi connectivity index (χ2v) is 4.22. The van der Waals surface area contributed by atoms with Crippen LogP contribution in [0.1, 0.15) is 28.5 Å². The Morgan fingerprint density at radius 3 is 2.59 bits per heavy atom. The van der Waals surface area contributed by atoms with E-state index in [1.54, 1.807) is 13.1 Å². The highest BCUT2D eigenvalue weighted by molar-refractivity contribution is 5.96. The normalized spacial score (nSPS) is 10.3. The Kier molecular flexibility index (Phi) is 3.05. The highest BCUT2D eigenvalue weighted by Crippen LogP contribution is 2.24. The fourth-order valence-corrected chi connectivity index (χ4v) is 1.96. The zero-order valence-corrected chi connectivity index (χ0v) is 10.3. The Labute approximate surface area is 101 Å². The van der Waals surface area contributed by atoms with Crippen LogP contribution in [0.3, 0.4) is 0 Å². The lowest BCUT2D eigenvalue weighted by molar-refractivity contribution is 0.101. The lowest BCUT2D eigenvalue weighted by Gasteiger charge is -2.08. The number of aromatic nitrogens is 1. The summed E-state index contributed by atoms with van der Waals surface area (Å²) in [4.78, 5) is 15.8. The van der Waals surface area contributed by atoms with Gasteiger partial charge < -0.3 is 0 Å². The van der Waals surface area contributed by atoms with Gasteiger partial charge in [0, 0.05) is 23.0 Å². The second-order valence-electron chi connectivity index (χ2n) is 4.22. The summed E-state index contributed by atoms with van der Waals surface area (Å²) in [6, 6.07) is 9.90. The van der Waals surface area contributed by atoms with Crippen molar-refractivity contribution < 1.29 is 4.79 Å². The molecular formula is C15H15NO. The molecule has 0 amide bonds. The lowest BCUT2D eigenvalue weighted by atomic mass is 9.97. The molecule has 1 aromatic heterocycles. The Morgan fingerprint density at radius 1 is 1.18 bits per heavy atom. The van der Waals surface area contributed by atoms with Crippen molar-refractivity contribution in [1.29, 1.82) is 0 Å². The maximum absolute atomic E-state index is 11.5. The van der Waals surface area contributed by atoms with Gasteiger partial charge in [0.2, 0.25) is 0 Å². The van der Waals surface area contributed by atoms with Crippen molar-refractivity contribution in [2.24, 2.45) is 0 Å². The molecule has 0 radical (unpaired) electrons. The largest absolute Gasteiger partial charge is 0.295 e. The first-order valence-electron chi connectivity index (χ1n) is 5.63. The quantitative estimate of drug-likeness (QED) is 0.731. The third-order valence-electron chi connectivity index (χ3n) is 2.93. The molecule has 17 heavy (non-hydrogen) atoms. The van der Waals surface area contributed by atoms with E-state index in [0.717, 1.165) is 27.9 Å². The number of Topliss-reactive ketones (excluding diaryl/α,β-unsaturated/α-hetero) is 1. The molecule has 0 saturated carbocycles. The predicted octanol–water partition coefficient (Wildman–Crippen LogP) is 3.57. The standard InChI is InChI=1S/C15H15NO/c1-10-6-7-13(9-15(10)12(3)17)14-5-4-8-16-11(14)2/h4-9H,1-3H3. The van der Waals surface area contributed by atoms with Crippen LogP contribution in [0.25, 0.3) is 11.1 Å². The van der Waals surface area contributed by atoms with Gasteiger partial charge in [-0.3, -0.25) is 9.78 Å². The van der Waals surface area contributed by atoms with Gasteiger partial charge in [-0.1, -0.05) is 18.2 Å². The minimum Gasteiger partial charge on any atom is -0.295 e. The van der Waals surface area contributed by atoms with Gasteiger partial charge in [0.15, 0.2) is 5.78 Å². The average Bonchev–Trinajstić information content (AvgIpc) is 2.30. The maximum Gasteiger partial charge on any atom is 0.160 e. The number of rotatable bonds is 2. The zero-order chi connectivity index (χ0) is 12.4. The summed E-state index contributed by atoms with van der Waals surface area (Å²) in [6.45, 7) is 5.53. The molecule has 0 unspecified atom stereocenters. The van der Waals surface area contributed by atoms with Crippen LogP contribution in [0.4, 0.5) is 0 Å². The smallest absolute Gasteiger partial charge is 0.160 e. The van der Waals surface area contributed by atoms with Crippen LogP contribution in [-0.2, 0) is 0 Å². The van der Waals surface area contributed by atoms with E-state index in [9.17, 15) is 4.79 Å². The van der Waals surface area contributed by atoms with E-state index in [2.05, 4.69) is 4.98 Å². The number of carbonyl (C=O) groups excluding carboxylic acids is 1. The molecule has 86 valence electrons. The number of benzene rings is 1. The first-order valence-corrected chi connectivity index (χ1v) is 5.63. The first kappa shape index (κ1) is 11.5. The fraction of sp³-hybridized carbons (Fsp3) is 0.200. The third-order valence-corrected chi connectivity index (χ3v) is 2.93. The highest BCUT2D eigenvalue weighted by Gasteiger charge is 2.08. The van der Waals surface area contributed by atoms with Gasteiger partial charge in [-0.2, -0.15) is 0 Å². The Hall–Kier alpha value is -1.96. The third kappa shape index (κ3) is 2.26. The van der Waals surface area contributed by atoms with Gasteiger partial charge >= 0.3 is 0 Å². The summed E-state index contributed by atoms with van der Waals surface area (Å²) in [7, 11) is 0. The molecule has 0 fully saturated rings. The van der Waals surface area contributed by atoms with E-state index in [1.165, 1.54) is 0 Å². The summed E-state index contributed by atoms with van der Waals surface area (Å²) in [5.41, 5.74) is 4.90. The minimum absolute atomic E-state index is 0.103. The number of pyridine rings is 1. The molecule has 0 saturated heterocycles. The summed E-state index contributed by atoms with van der Waals surface area (Å²) in [6.07, 6.45) is 1.78. The van der Waals surface area contributed by atoms with Crippen LogP contribution in [0.5, 0.6) is 0 Å². The van der Waals surface area contributed by atoms with Gasteiger partial charge in [0.05, 0.1) is 0 Å². The van der Waals surface area contributed by atoms with Crippen molar-refractivity contribution >= 4 is 5.78 Å².